The standard InChI is InChI=1S/C17H16F3N3O2S/c18-17(19,20)15(24)13-1-2-14(26-13)16(25)23-9-7-22(8-10-23)11-12-3-5-21-6-4-12/h1-6H,7-11H2. The fourth-order valence-corrected chi connectivity index (χ4v) is 3.66. The fourth-order valence-electron chi connectivity index (χ4n) is 2.73. The summed E-state index contributed by atoms with van der Waals surface area (Å²) >= 11 is 0.592. The Morgan fingerprint density at radius 3 is 2.23 bits per heavy atom. The van der Waals surface area contributed by atoms with Gasteiger partial charge in [0.05, 0.1) is 9.75 Å². The first kappa shape index (κ1) is 18.5. The molecule has 1 aliphatic heterocycles. The molecule has 0 aromatic carbocycles. The molecule has 0 atom stereocenters. The van der Waals surface area contributed by atoms with Crippen LogP contribution in [0.4, 0.5) is 13.2 Å². The molecule has 0 spiro atoms. The Kier molecular flexibility index (Phi) is 5.38. The molecule has 26 heavy (non-hydrogen) atoms. The summed E-state index contributed by atoms with van der Waals surface area (Å²) < 4.78 is 37.4. The molecule has 1 fully saturated rings. The quantitative estimate of drug-likeness (QED) is 0.762. The number of hydrogen-bond donors (Lipinski definition) is 0. The second-order valence-electron chi connectivity index (χ2n) is 5.91. The molecule has 1 amide bonds. The number of Topliss-reactive ketones (excluding diaryl/α,β-unsaturated/α-hetero) is 1. The second kappa shape index (κ2) is 7.55. The van der Waals surface area contributed by atoms with Crippen molar-refractivity contribution in [3.05, 3.63) is 52.0 Å². The maximum absolute atomic E-state index is 12.5. The van der Waals surface area contributed by atoms with Gasteiger partial charge in [0.25, 0.3) is 11.7 Å². The molecule has 138 valence electrons. The van der Waals surface area contributed by atoms with Gasteiger partial charge in [-0.15, -0.1) is 11.3 Å². The topological polar surface area (TPSA) is 53.5 Å². The Bertz CT molecular complexity index is 784. The molecule has 5 nitrogen and oxygen atoms in total. The highest BCUT2D eigenvalue weighted by atomic mass is 32.1. The van der Waals surface area contributed by atoms with Crippen molar-refractivity contribution in [2.24, 2.45) is 0 Å². The smallest absolute Gasteiger partial charge is 0.335 e. The Balaban J connectivity index is 1.57. The van der Waals surface area contributed by atoms with Crippen molar-refractivity contribution in [3.63, 3.8) is 0 Å². The first-order chi connectivity index (χ1) is 12.3. The van der Waals surface area contributed by atoms with E-state index in [0.29, 0.717) is 37.5 Å². The number of carbonyl (C=O) groups excluding carboxylic acids is 2. The molecule has 1 saturated heterocycles. The largest absolute Gasteiger partial charge is 0.455 e. The van der Waals surface area contributed by atoms with Gasteiger partial charge in [-0.25, -0.2) is 0 Å². The number of aromatic nitrogens is 1. The maximum atomic E-state index is 12.5. The molecule has 0 radical (unpaired) electrons. The zero-order chi connectivity index (χ0) is 18.7. The maximum Gasteiger partial charge on any atom is 0.455 e. The lowest BCUT2D eigenvalue weighted by atomic mass is 10.2. The van der Waals surface area contributed by atoms with Gasteiger partial charge in [-0.3, -0.25) is 19.5 Å². The number of nitrogens with zero attached hydrogens (tertiary/aromatic N) is 3. The Morgan fingerprint density at radius 2 is 1.62 bits per heavy atom. The van der Waals surface area contributed by atoms with Crippen molar-refractivity contribution in [1.29, 1.82) is 0 Å². The molecule has 2 aromatic heterocycles. The van der Waals surface area contributed by atoms with Crippen LogP contribution < -0.4 is 0 Å². The van der Waals surface area contributed by atoms with Crippen molar-refractivity contribution in [2.45, 2.75) is 12.7 Å². The average molecular weight is 383 g/mol. The van der Waals surface area contributed by atoms with Gasteiger partial charge in [0, 0.05) is 45.1 Å². The number of carbonyl (C=O) groups is 2. The first-order valence-electron chi connectivity index (χ1n) is 7.96. The monoisotopic (exact) mass is 383 g/mol. The van der Waals surface area contributed by atoms with Crippen molar-refractivity contribution in [3.8, 4) is 0 Å². The minimum atomic E-state index is -4.93. The third kappa shape index (κ3) is 4.28. The Labute approximate surface area is 152 Å². The van der Waals surface area contributed by atoms with Crippen LogP contribution in [-0.2, 0) is 6.54 Å². The average Bonchev–Trinajstić information content (AvgIpc) is 3.11. The van der Waals surface area contributed by atoms with Gasteiger partial charge < -0.3 is 4.90 Å². The van der Waals surface area contributed by atoms with Gasteiger partial charge in [-0.05, 0) is 29.8 Å². The van der Waals surface area contributed by atoms with Crippen LogP contribution in [0.2, 0.25) is 0 Å². The molecule has 2 aromatic rings. The Hall–Kier alpha value is -2.26. The van der Waals surface area contributed by atoms with Crippen LogP contribution in [0.5, 0.6) is 0 Å². The van der Waals surface area contributed by atoms with Gasteiger partial charge in [0.2, 0.25) is 0 Å². The molecular weight excluding hydrogens is 367 g/mol. The zero-order valence-corrected chi connectivity index (χ0v) is 14.5. The zero-order valence-electron chi connectivity index (χ0n) is 13.7. The highest BCUT2D eigenvalue weighted by Gasteiger charge is 2.40. The van der Waals surface area contributed by atoms with Gasteiger partial charge in [-0.1, -0.05) is 0 Å². The summed E-state index contributed by atoms with van der Waals surface area (Å²) in [5.74, 6) is -2.25. The third-order valence-corrected chi connectivity index (χ3v) is 5.19. The minimum absolute atomic E-state index is 0.153. The molecule has 0 bridgehead atoms. The van der Waals surface area contributed by atoms with E-state index in [1.807, 2.05) is 12.1 Å². The van der Waals surface area contributed by atoms with E-state index in [9.17, 15) is 22.8 Å². The van der Waals surface area contributed by atoms with Crippen LogP contribution in [0.25, 0.3) is 0 Å². The summed E-state index contributed by atoms with van der Waals surface area (Å²) in [6.45, 7) is 3.09. The first-order valence-corrected chi connectivity index (χ1v) is 8.78. The van der Waals surface area contributed by atoms with E-state index in [4.69, 9.17) is 0 Å². The van der Waals surface area contributed by atoms with E-state index in [0.717, 1.165) is 18.2 Å². The molecule has 0 saturated carbocycles. The lowest BCUT2D eigenvalue weighted by molar-refractivity contribution is -0.0882. The van der Waals surface area contributed by atoms with E-state index in [-0.39, 0.29) is 10.8 Å². The predicted molar refractivity (Wildman–Crippen MR) is 90.1 cm³/mol. The number of piperazine rings is 1. The van der Waals surface area contributed by atoms with E-state index in [1.165, 1.54) is 6.07 Å². The van der Waals surface area contributed by atoms with E-state index >= 15 is 0 Å². The summed E-state index contributed by atoms with van der Waals surface area (Å²) in [5.41, 5.74) is 1.13. The SMILES string of the molecule is O=C(c1ccc(C(=O)C(F)(F)F)s1)N1CCN(Cc2ccncc2)CC1. The van der Waals surface area contributed by atoms with E-state index in [2.05, 4.69) is 9.88 Å². The Morgan fingerprint density at radius 1 is 1.00 bits per heavy atom. The summed E-state index contributed by atoms with van der Waals surface area (Å²) in [6.07, 6.45) is -1.47. The second-order valence-corrected chi connectivity index (χ2v) is 7.00. The van der Waals surface area contributed by atoms with Crippen LogP contribution in [0, 0.1) is 0 Å². The summed E-state index contributed by atoms with van der Waals surface area (Å²) in [6, 6.07) is 6.22. The van der Waals surface area contributed by atoms with Crippen molar-refractivity contribution in [2.75, 3.05) is 26.2 Å². The molecule has 0 N–H and O–H groups in total. The van der Waals surface area contributed by atoms with Crippen LogP contribution in [0.15, 0.2) is 36.7 Å². The summed E-state index contributed by atoms with van der Waals surface area (Å²) in [5, 5.41) is 0. The molecule has 3 rings (SSSR count). The molecule has 0 unspecified atom stereocenters. The predicted octanol–water partition coefficient (Wildman–Crippen LogP) is 2.85. The van der Waals surface area contributed by atoms with Gasteiger partial charge >= 0.3 is 6.18 Å². The number of pyridine rings is 1. The normalized spacial score (nSPS) is 15.9. The summed E-state index contributed by atoms with van der Waals surface area (Å²) in [7, 11) is 0. The highest BCUT2D eigenvalue weighted by Crippen LogP contribution is 2.27. The minimum Gasteiger partial charge on any atom is -0.335 e. The van der Waals surface area contributed by atoms with Gasteiger partial charge in [0.15, 0.2) is 0 Å². The highest BCUT2D eigenvalue weighted by molar-refractivity contribution is 7.16. The van der Waals surface area contributed by atoms with Crippen LogP contribution >= 0.6 is 11.3 Å². The van der Waals surface area contributed by atoms with Crippen molar-refractivity contribution < 1.29 is 22.8 Å². The molecule has 1 aliphatic rings. The van der Waals surface area contributed by atoms with Crippen LogP contribution in [-0.4, -0.2) is 58.8 Å². The molecule has 0 aliphatic carbocycles. The van der Waals surface area contributed by atoms with Crippen LogP contribution in [0.3, 0.4) is 0 Å². The van der Waals surface area contributed by atoms with E-state index < -0.39 is 16.8 Å². The fraction of sp³-hybridized carbons (Fsp3) is 0.353. The summed E-state index contributed by atoms with van der Waals surface area (Å²) in [4.78, 5) is 31.2. The third-order valence-electron chi connectivity index (χ3n) is 4.11. The van der Waals surface area contributed by atoms with Crippen molar-refractivity contribution >= 4 is 23.0 Å². The number of ketones is 1. The van der Waals surface area contributed by atoms with E-state index in [1.54, 1.807) is 17.3 Å². The lowest BCUT2D eigenvalue weighted by Gasteiger charge is -2.34. The van der Waals surface area contributed by atoms with Gasteiger partial charge in [-0.2, -0.15) is 13.2 Å². The number of rotatable bonds is 4. The number of halogens is 3. The van der Waals surface area contributed by atoms with Crippen LogP contribution in [0.1, 0.15) is 24.9 Å². The number of hydrogen-bond acceptors (Lipinski definition) is 5. The molecule has 3 heterocycles. The molecular formula is C17H16F3N3O2S. The number of amides is 1. The van der Waals surface area contributed by atoms with Gasteiger partial charge in [0.1, 0.15) is 0 Å². The number of thiophene rings is 1. The lowest BCUT2D eigenvalue weighted by Crippen LogP contribution is -2.48. The molecule has 9 heteroatoms. The number of alkyl halides is 3. The van der Waals surface area contributed by atoms with Crippen molar-refractivity contribution in [1.82, 2.24) is 14.8 Å².